The van der Waals surface area contributed by atoms with E-state index in [2.05, 4.69) is 36.3 Å². The van der Waals surface area contributed by atoms with Gasteiger partial charge in [0.2, 0.25) is 5.91 Å². The molecular weight excluding hydrogens is 516 g/mol. The third-order valence-corrected chi connectivity index (χ3v) is 6.41. The average Bonchev–Trinajstić information content (AvgIpc) is 3.17. The monoisotopic (exact) mass is 542 g/mol. The number of hydrogen-bond donors (Lipinski definition) is 2. The lowest BCUT2D eigenvalue weighted by Crippen LogP contribution is -2.32. The number of nitrogens with zero attached hydrogens (tertiary/aromatic N) is 2. The number of carbonyl (C=O) groups excluding carboxylic acids is 2. The SMILES string of the molecule is Cc1cc(/C=N\NC(=O)C[C@@H](NC(=O)c2ccccc2)c2ccccc2)c(C)n1-c1ccc(Br)cc1. The summed E-state index contributed by atoms with van der Waals surface area (Å²) in [5, 5.41) is 7.16. The lowest BCUT2D eigenvalue weighted by molar-refractivity contribution is -0.121. The van der Waals surface area contributed by atoms with Crippen molar-refractivity contribution in [3.8, 4) is 5.69 Å². The molecule has 1 heterocycles. The van der Waals surface area contributed by atoms with Crippen molar-refractivity contribution in [2.45, 2.75) is 26.3 Å². The summed E-state index contributed by atoms with van der Waals surface area (Å²) in [5.74, 6) is -0.531. The van der Waals surface area contributed by atoms with E-state index in [4.69, 9.17) is 0 Å². The zero-order valence-corrected chi connectivity index (χ0v) is 21.7. The van der Waals surface area contributed by atoms with Crippen LogP contribution in [-0.4, -0.2) is 22.6 Å². The van der Waals surface area contributed by atoms with Crippen LogP contribution >= 0.6 is 15.9 Å². The van der Waals surface area contributed by atoms with Crippen LogP contribution in [0.2, 0.25) is 0 Å². The van der Waals surface area contributed by atoms with Gasteiger partial charge in [-0.25, -0.2) is 5.43 Å². The largest absolute Gasteiger partial charge is 0.345 e. The second-order valence-corrected chi connectivity index (χ2v) is 9.35. The van der Waals surface area contributed by atoms with E-state index in [0.717, 1.165) is 32.7 Å². The quantitative estimate of drug-likeness (QED) is 0.216. The summed E-state index contributed by atoms with van der Waals surface area (Å²) in [5.41, 5.74) is 8.04. The number of nitrogens with one attached hydrogen (secondary N) is 2. The third-order valence-electron chi connectivity index (χ3n) is 5.88. The minimum atomic E-state index is -0.489. The molecule has 182 valence electrons. The van der Waals surface area contributed by atoms with Crippen LogP contribution in [0.1, 0.15) is 45.3 Å². The van der Waals surface area contributed by atoms with Crippen molar-refractivity contribution in [3.05, 3.63) is 124 Å². The van der Waals surface area contributed by atoms with Gasteiger partial charge in [0.15, 0.2) is 0 Å². The van der Waals surface area contributed by atoms with E-state index >= 15 is 0 Å². The van der Waals surface area contributed by atoms with E-state index in [1.54, 1.807) is 18.3 Å². The van der Waals surface area contributed by atoms with Gasteiger partial charge in [0, 0.05) is 32.7 Å². The minimum absolute atomic E-state index is 0.0534. The van der Waals surface area contributed by atoms with Crippen molar-refractivity contribution in [1.82, 2.24) is 15.3 Å². The Hall–Kier alpha value is -3.97. The number of carbonyl (C=O) groups is 2. The molecule has 0 saturated heterocycles. The number of aryl methyl sites for hydroxylation is 1. The standard InChI is InChI=1S/C29H27BrN4O2/c1-20-17-24(21(2)34(20)26-15-13-25(30)14-16-26)19-31-33-28(35)18-27(22-9-5-3-6-10-22)32-29(36)23-11-7-4-8-12-23/h3-17,19,27H,18H2,1-2H3,(H,32,36)(H,33,35)/b31-19-/t27-/m1/s1. The Bertz CT molecular complexity index is 1360. The van der Waals surface area contributed by atoms with Crippen LogP contribution in [-0.2, 0) is 4.79 Å². The average molecular weight is 543 g/mol. The first-order valence-electron chi connectivity index (χ1n) is 11.6. The Morgan fingerprint density at radius 3 is 2.25 bits per heavy atom. The normalized spacial score (nSPS) is 11.9. The molecule has 0 fully saturated rings. The van der Waals surface area contributed by atoms with Gasteiger partial charge in [-0.1, -0.05) is 64.5 Å². The Balaban J connectivity index is 1.44. The number of halogens is 1. The molecule has 0 spiro atoms. The predicted octanol–water partition coefficient (Wildman–Crippen LogP) is 5.87. The summed E-state index contributed by atoms with van der Waals surface area (Å²) >= 11 is 3.47. The van der Waals surface area contributed by atoms with Crippen LogP contribution < -0.4 is 10.7 Å². The summed E-state index contributed by atoms with van der Waals surface area (Å²) in [4.78, 5) is 25.5. The molecule has 0 unspecified atom stereocenters. The fraction of sp³-hybridized carbons (Fsp3) is 0.138. The summed E-state index contributed by atoms with van der Waals surface area (Å²) in [6.07, 6.45) is 1.70. The van der Waals surface area contributed by atoms with E-state index in [1.807, 2.05) is 92.7 Å². The van der Waals surface area contributed by atoms with Crippen LogP contribution in [0.15, 0.2) is 101 Å². The summed E-state index contributed by atoms with van der Waals surface area (Å²) in [7, 11) is 0. The van der Waals surface area contributed by atoms with E-state index in [-0.39, 0.29) is 18.2 Å². The Labute approximate surface area is 219 Å². The molecule has 4 aromatic rings. The van der Waals surface area contributed by atoms with Gasteiger partial charge in [-0.2, -0.15) is 5.10 Å². The molecule has 1 atom stereocenters. The highest BCUT2D eigenvalue weighted by Crippen LogP contribution is 2.22. The number of hydrogen-bond acceptors (Lipinski definition) is 3. The fourth-order valence-corrected chi connectivity index (χ4v) is 4.34. The van der Waals surface area contributed by atoms with Gasteiger partial charge in [0.25, 0.3) is 5.91 Å². The Morgan fingerprint density at radius 2 is 1.58 bits per heavy atom. The molecule has 4 rings (SSSR count). The number of amides is 2. The molecule has 0 aliphatic heterocycles. The highest BCUT2D eigenvalue weighted by molar-refractivity contribution is 9.10. The fourth-order valence-electron chi connectivity index (χ4n) is 4.08. The van der Waals surface area contributed by atoms with Gasteiger partial charge in [0.1, 0.15) is 0 Å². The van der Waals surface area contributed by atoms with E-state index in [9.17, 15) is 9.59 Å². The highest BCUT2D eigenvalue weighted by Gasteiger charge is 2.19. The second kappa shape index (κ2) is 11.6. The smallest absolute Gasteiger partial charge is 0.251 e. The lowest BCUT2D eigenvalue weighted by Gasteiger charge is -2.18. The van der Waals surface area contributed by atoms with Gasteiger partial charge in [0.05, 0.1) is 18.7 Å². The summed E-state index contributed by atoms with van der Waals surface area (Å²) in [6.45, 7) is 4.05. The van der Waals surface area contributed by atoms with Crippen LogP contribution in [0.5, 0.6) is 0 Å². The van der Waals surface area contributed by atoms with Crippen molar-refractivity contribution in [2.75, 3.05) is 0 Å². The first-order chi connectivity index (χ1) is 17.4. The number of hydrazone groups is 1. The summed E-state index contributed by atoms with van der Waals surface area (Å²) < 4.78 is 3.16. The maximum atomic E-state index is 12.8. The Morgan fingerprint density at radius 1 is 0.944 bits per heavy atom. The van der Waals surface area contributed by atoms with Crippen molar-refractivity contribution in [3.63, 3.8) is 0 Å². The molecule has 36 heavy (non-hydrogen) atoms. The molecule has 7 heteroatoms. The first-order valence-corrected chi connectivity index (χ1v) is 12.4. The van der Waals surface area contributed by atoms with E-state index in [1.165, 1.54) is 0 Å². The van der Waals surface area contributed by atoms with Crippen LogP contribution in [0.25, 0.3) is 5.69 Å². The first kappa shape index (κ1) is 25.1. The highest BCUT2D eigenvalue weighted by atomic mass is 79.9. The van der Waals surface area contributed by atoms with Gasteiger partial charge < -0.3 is 9.88 Å². The maximum Gasteiger partial charge on any atom is 0.251 e. The molecule has 2 amide bonds. The zero-order valence-electron chi connectivity index (χ0n) is 20.1. The predicted molar refractivity (Wildman–Crippen MR) is 146 cm³/mol. The molecule has 0 radical (unpaired) electrons. The van der Waals surface area contributed by atoms with Crippen molar-refractivity contribution < 1.29 is 9.59 Å². The van der Waals surface area contributed by atoms with Gasteiger partial charge in [-0.3, -0.25) is 9.59 Å². The molecule has 1 aromatic heterocycles. The van der Waals surface area contributed by atoms with Crippen molar-refractivity contribution >= 4 is 34.0 Å². The van der Waals surface area contributed by atoms with Crippen molar-refractivity contribution in [1.29, 1.82) is 0 Å². The number of benzene rings is 3. The molecule has 0 aliphatic carbocycles. The molecule has 0 saturated carbocycles. The minimum Gasteiger partial charge on any atom is -0.345 e. The molecular formula is C29H27BrN4O2. The van der Waals surface area contributed by atoms with Gasteiger partial charge in [-0.05, 0) is 61.9 Å². The number of rotatable bonds is 8. The molecule has 0 aliphatic rings. The summed E-state index contributed by atoms with van der Waals surface area (Å²) in [6, 6.07) is 28.0. The zero-order chi connectivity index (χ0) is 25.5. The van der Waals surface area contributed by atoms with Gasteiger partial charge in [-0.15, -0.1) is 0 Å². The molecule has 3 aromatic carbocycles. The lowest BCUT2D eigenvalue weighted by atomic mass is 10.0. The van der Waals surface area contributed by atoms with Crippen LogP contribution in [0.4, 0.5) is 0 Å². The van der Waals surface area contributed by atoms with Gasteiger partial charge >= 0.3 is 0 Å². The van der Waals surface area contributed by atoms with Crippen LogP contribution in [0.3, 0.4) is 0 Å². The topological polar surface area (TPSA) is 75.5 Å². The van der Waals surface area contributed by atoms with E-state index < -0.39 is 6.04 Å². The second-order valence-electron chi connectivity index (χ2n) is 8.44. The van der Waals surface area contributed by atoms with Crippen LogP contribution in [0, 0.1) is 13.8 Å². The van der Waals surface area contributed by atoms with Crippen molar-refractivity contribution in [2.24, 2.45) is 5.10 Å². The molecule has 0 bridgehead atoms. The number of aromatic nitrogens is 1. The molecule has 6 nitrogen and oxygen atoms in total. The van der Waals surface area contributed by atoms with E-state index in [0.29, 0.717) is 5.56 Å². The molecule has 2 N–H and O–H groups in total. The third kappa shape index (κ3) is 6.17. The maximum absolute atomic E-state index is 12.8. The Kier molecular flexibility index (Phi) is 8.13.